The molecule has 6 nitrogen and oxygen atoms in total. The van der Waals surface area contributed by atoms with E-state index in [2.05, 4.69) is 0 Å². The summed E-state index contributed by atoms with van der Waals surface area (Å²) in [6.45, 7) is -0.190. The first-order valence-corrected chi connectivity index (χ1v) is 8.11. The molecule has 0 spiro atoms. The van der Waals surface area contributed by atoms with E-state index in [4.69, 9.17) is 21.4 Å². The molecular weight excluding hydrogens is 346 g/mol. The van der Waals surface area contributed by atoms with Crippen LogP contribution in [0.1, 0.15) is 6.42 Å². The number of hydrogen-bond donors (Lipinski definition) is 2. The number of para-hydroxylation sites is 1. The fourth-order valence-corrected chi connectivity index (χ4v) is 3.05. The Morgan fingerprint density at radius 3 is 2.64 bits per heavy atom. The average molecular weight is 362 g/mol. The molecule has 130 valence electrons. The van der Waals surface area contributed by atoms with Crippen molar-refractivity contribution >= 4 is 39.4 Å². The van der Waals surface area contributed by atoms with Gasteiger partial charge < -0.3 is 19.5 Å². The van der Waals surface area contributed by atoms with E-state index in [9.17, 15) is 14.7 Å². The number of benzene rings is 2. The van der Waals surface area contributed by atoms with E-state index in [1.54, 1.807) is 36.4 Å². The lowest BCUT2D eigenvalue weighted by atomic mass is 10.1. The minimum atomic E-state index is -1.05. The van der Waals surface area contributed by atoms with E-state index in [0.29, 0.717) is 28.2 Å². The number of carboxylic acid groups (broad SMARTS) is 1. The highest BCUT2D eigenvalue weighted by Gasteiger charge is 2.18. The first-order chi connectivity index (χ1) is 12.0. The summed E-state index contributed by atoms with van der Waals surface area (Å²) in [6, 6.07) is 9.95. The fourth-order valence-electron chi connectivity index (χ4n) is 2.84. The maximum atomic E-state index is 12.8. The molecule has 25 heavy (non-hydrogen) atoms. The topological polar surface area (TPSA) is 88.8 Å². The molecule has 1 aromatic heterocycles. The second kappa shape index (κ2) is 7.13. The lowest BCUT2D eigenvalue weighted by Crippen LogP contribution is -2.17. The Morgan fingerprint density at radius 2 is 1.92 bits per heavy atom. The molecule has 0 bridgehead atoms. The molecule has 0 aliphatic rings. The number of fused-ring (bicyclic) bond motifs is 2. The molecule has 0 fully saturated rings. The number of halogens is 1. The molecule has 0 aliphatic carbocycles. The summed E-state index contributed by atoms with van der Waals surface area (Å²) in [4.78, 5) is 24.2. The molecule has 0 amide bonds. The monoisotopic (exact) mass is 361 g/mol. The smallest absolute Gasteiger partial charge is 0.323 e. The fraction of sp³-hybridized carbons (Fsp3) is 0.222. The predicted octanol–water partition coefficient (Wildman–Crippen LogP) is 2.65. The molecule has 0 saturated heterocycles. The van der Waals surface area contributed by atoms with Gasteiger partial charge in [0.05, 0.1) is 28.0 Å². The van der Waals surface area contributed by atoms with Crippen LogP contribution in [0.25, 0.3) is 21.8 Å². The van der Waals surface area contributed by atoms with Crippen molar-refractivity contribution in [3.05, 3.63) is 51.6 Å². The number of rotatable bonds is 6. The van der Waals surface area contributed by atoms with Crippen molar-refractivity contribution in [1.29, 1.82) is 0 Å². The van der Waals surface area contributed by atoms with Gasteiger partial charge in [-0.2, -0.15) is 0 Å². The van der Waals surface area contributed by atoms with Crippen LogP contribution in [-0.2, 0) is 11.3 Å². The van der Waals surface area contributed by atoms with E-state index in [-0.39, 0.29) is 36.0 Å². The van der Waals surface area contributed by atoms with Gasteiger partial charge in [0, 0.05) is 18.4 Å². The number of aromatic nitrogens is 1. The summed E-state index contributed by atoms with van der Waals surface area (Å²) < 4.78 is 7.19. The standard InChI is InChI=1S/C18H16ClNO5/c19-13-7-6-12-16(18(13)25-9-3-8-21)20(10-15(22)23)14-5-2-1-4-11(14)17(12)24/h1-2,4-7,21H,3,8-10H2,(H,22,23). The van der Waals surface area contributed by atoms with Gasteiger partial charge in [-0.1, -0.05) is 23.7 Å². The third-order valence-corrected chi connectivity index (χ3v) is 4.18. The molecule has 1 heterocycles. The molecule has 7 heteroatoms. The van der Waals surface area contributed by atoms with Gasteiger partial charge in [0.2, 0.25) is 0 Å². The van der Waals surface area contributed by atoms with Crippen molar-refractivity contribution in [3.63, 3.8) is 0 Å². The Hall–Kier alpha value is -2.57. The van der Waals surface area contributed by atoms with Crippen molar-refractivity contribution in [2.45, 2.75) is 13.0 Å². The number of pyridine rings is 1. The normalized spacial score (nSPS) is 11.1. The molecule has 0 unspecified atom stereocenters. The number of aliphatic hydroxyl groups is 1. The van der Waals surface area contributed by atoms with Crippen LogP contribution in [0.2, 0.25) is 5.02 Å². The van der Waals surface area contributed by atoms with Gasteiger partial charge in [0.1, 0.15) is 6.54 Å². The SMILES string of the molecule is O=C(O)Cn1c2ccccc2c(=O)c2ccc(Cl)c(OCCCO)c21. The number of hydrogen-bond acceptors (Lipinski definition) is 4. The predicted molar refractivity (Wildman–Crippen MR) is 95.6 cm³/mol. The zero-order valence-electron chi connectivity index (χ0n) is 13.2. The van der Waals surface area contributed by atoms with E-state index >= 15 is 0 Å². The van der Waals surface area contributed by atoms with Crippen LogP contribution in [-0.4, -0.2) is 34.0 Å². The number of ether oxygens (including phenoxy) is 1. The minimum Gasteiger partial charge on any atom is -0.490 e. The lowest BCUT2D eigenvalue weighted by Gasteiger charge is -2.17. The zero-order valence-corrected chi connectivity index (χ0v) is 14.0. The maximum absolute atomic E-state index is 12.8. The summed E-state index contributed by atoms with van der Waals surface area (Å²) in [5, 5.41) is 19.3. The quantitative estimate of drug-likeness (QED) is 0.520. The van der Waals surface area contributed by atoms with Crippen LogP contribution in [0.5, 0.6) is 5.75 Å². The van der Waals surface area contributed by atoms with Crippen LogP contribution < -0.4 is 10.2 Å². The Kier molecular flexibility index (Phi) is 4.92. The van der Waals surface area contributed by atoms with Crippen LogP contribution in [0, 0.1) is 0 Å². The van der Waals surface area contributed by atoms with Gasteiger partial charge in [-0.25, -0.2) is 0 Å². The molecule has 3 rings (SSSR count). The van der Waals surface area contributed by atoms with Gasteiger partial charge in [-0.3, -0.25) is 9.59 Å². The van der Waals surface area contributed by atoms with Crippen LogP contribution >= 0.6 is 11.6 Å². The third-order valence-electron chi connectivity index (χ3n) is 3.88. The Balaban J connectivity index is 2.41. The number of carbonyl (C=O) groups is 1. The van der Waals surface area contributed by atoms with Gasteiger partial charge in [-0.05, 0) is 24.3 Å². The second-order valence-electron chi connectivity index (χ2n) is 5.52. The first kappa shape index (κ1) is 17.3. The molecule has 2 N–H and O–H groups in total. The van der Waals surface area contributed by atoms with Crippen LogP contribution in [0.3, 0.4) is 0 Å². The maximum Gasteiger partial charge on any atom is 0.323 e. The van der Waals surface area contributed by atoms with Crippen molar-refractivity contribution in [1.82, 2.24) is 4.57 Å². The van der Waals surface area contributed by atoms with Gasteiger partial charge in [0.15, 0.2) is 11.2 Å². The molecular formula is C18H16ClNO5. The Morgan fingerprint density at radius 1 is 1.16 bits per heavy atom. The minimum absolute atomic E-state index is 0.0484. The number of nitrogens with zero attached hydrogens (tertiary/aromatic N) is 1. The highest BCUT2D eigenvalue weighted by atomic mass is 35.5. The molecule has 0 atom stereocenters. The summed E-state index contributed by atoms with van der Waals surface area (Å²) in [5.41, 5.74) is 0.629. The van der Waals surface area contributed by atoms with Crippen LogP contribution in [0.4, 0.5) is 0 Å². The van der Waals surface area contributed by atoms with Gasteiger partial charge in [-0.15, -0.1) is 0 Å². The highest BCUT2D eigenvalue weighted by Crippen LogP contribution is 2.34. The van der Waals surface area contributed by atoms with Crippen molar-refractivity contribution in [2.75, 3.05) is 13.2 Å². The molecule has 0 saturated carbocycles. The summed E-state index contributed by atoms with van der Waals surface area (Å²) in [6.07, 6.45) is 0.392. The highest BCUT2D eigenvalue weighted by molar-refractivity contribution is 6.33. The van der Waals surface area contributed by atoms with Crippen molar-refractivity contribution in [3.8, 4) is 5.75 Å². The second-order valence-corrected chi connectivity index (χ2v) is 5.93. The van der Waals surface area contributed by atoms with E-state index in [0.717, 1.165) is 0 Å². The third kappa shape index (κ3) is 3.18. The zero-order chi connectivity index (χ0) is 18.0. The molecule has 2 aromatic carbocycles. The van der Waals surface area contributed by atoms with E-state index in [1.807, 2.05) is 0 Å². The first-order valence-electron chi connectivity index (χ1n) is 7.73. The van der Waals surface area contributed by atoms with Crippen molar-refractivity contribution < 1.29 is 19.7 Å². The molecule has 0 radical (unpaired) electrons. The van der Waals surface area contributed by atoms with E-state index < -0.39 is 5.97 Å². The van der Waals surface area contributed by atoms with E-state index in [1.165, 1.54) is 4.57 Å². The summed E-state index contributed by atoms with van der Waals surface area (Å²) >= 11 is 6.24. The largest absolute Gasteiger partial charge is 0.490 e. The Bertz CT molecular complexity index is 1010. The van der Waals surface area contributed by atoms with Crippen LogP contribution in [0.15, 0.2) is 41.2 Å². The van der Waals surface area contributed by atoms with Gasteiger partial charge in [0.25, 0.3) is 0 Å². The average Bonchev–Trinajstić information content (AvgIpc) is 2.60. The number of aliphatic hydroxyl groups excluding tert-OH is 1. The molecule has 3 aromatic rings. The number of aliphatic carboxylic acids is 1. The summed E-state index contributed by atoms with van der Waals surface area (Å²) in [7, 11) is 0. The molecule has 0 aliphatic heterocycles. The van der Waals surface area contributed by atoms with Gasteiger partial charge >= 0.3 is 5.97 Å². The van der Waals surface area contributed by atoms with Crippen molar-refractivity contribution in [2.24, 2.45) is 0 Å². The lowest BCUT2D eigenvalue weighted by molar-refractivity contribution is -0.137. The Labute approximate surface area is 147 Å². The summed E-state index contributed by atoms with van der Waals surface area (Å²) in [5.74, 6) is -0.798. The number of carboxylic acids is 1.